The second-order valence-electron chi connectivity index (χ2n) is 7.42. The summed E-state index contributed by atoms with van der Waals surface area (Å²) in [5, 5.41) is 30.5. The van der Waals surface area contributed by atoms with Crippen LogP contribution in [0.5, 0.6) is 0 Å². The van der Waals surface area contributed by atoms with Crippen LogP contribution in [-0.2, 0) is 0 Å². The van der Waals surface area contributed by atoms with Gasteiger partial charge in [-0.05, 0) is 40.2 Å². The van der Waals surface area contributed by atoms with Gasteiger partial charge in [0.05, 0.1) is 5.69 Å². The van der Waals surface area contributed by atoms with Crippen molar-refractivity contribution >= 4 is 11.7 Å². The van der Waals surface area contributed by atoms with Crippen LogP contribution in [0.1, 0.15) is 43.1 Å². The van der Waals surface area contributed by atoms with Crippen molar-refractivity contribution < 1.29 is 15.2 Å². The number of hydrogen-bond acceptors (Lipinski definition) is 4. The van der Waals surface area contributed by atoms with Crippen LogP contribution in [0.4, 0.5) is 10.5 Å². The zero-order valence-corrected chi connectivity index (χ0v) is 16.6. The highest BCUT2D eigenvalue weighted by molar-refractivity contribution is 5.74. The van der Waals surface area contributed by atoms with Crippen molar-refractivity contribution in [2.24, 2.45) is 0 Å². The maximum absolute atomic E-state index is 11.9. The van der Waals surface area contributed by atoms with Crippen molar-refractivity contribution in [3.8, 4) is 5.69 Å². The predicted octanol–water partition coefficient (Wildman–Crippen LogP) is 2.01. The van der Waals surface area contributed by atoms with Crippen LogP contribution in [0.2, 0.25) is 0 Å². The fourth-order valence-electron chi connectivity index (χ4n) is 3.76. The number of nitrogens with zero attached hydrogens (tertiary/aromatic N) is 2. The molecule has 3 rings (SSSR count). The van der Waals surface area contributed by atoms with Crippen molar-refractivity contribution in [2.75, 3.05) is 0 Å². The summed E-state index contributed by atoms with van der Waals surface area (Å²) in [4.78, 5) is 11.9. The van der Waals surface area contributed by atoms with Gasteiger partial charge in [-0.25, -0.2) is 14.7 Å². The van der Waals surface area contributed by atoms with E-state index in [1.165, 1.54) is 0 Å². The minimum atomic E-state index is -0.981. The largest absolute Gasteiger partial charge is 0.595 e. The van der Waals surface area contributed by atoms with Crippen LogP contribution < -0.4 is 15.9 Å². The molecule has 1 aromatic carbocycles. The molecule has 2 aromatic rings. The minimum absolute atomic E-state index is 0.0443. The first-order valence-corrected chi connectivity index (χ1v) is 9.42. The summed E-state index contributed by atoms with van der Waals surface area (Å²) in [5.74, 6) is 0.120. The van der Waals surface area contributed by atoms with E-state index >= 15 is 0 Å². The van der Waals surface area contributed by atoms with Gasteiger partial charge in [-0.15, -0.1) is 0 Å². The van der Waals surface area contributed by atoms with E-state index in [-0.39, 0.29) is 29.7 Å². The predicted molar refractivity (Wildman–Crippen MR) is 106 cm³/mol. The van der Waals surface area contributed by atoms with Crippen LogP contribution in [0.25, 0.3) is 5.69 Å². The zero-order chi connectivity index (χ0) is 20.4. The molecule has 1 aliphatic rings. The molecule has 0 radical (unpaired) electrons. The van der Waals surface area contributed by atoms with Crippen LogP contribution in [0.3, 0.4) is 0 Å². The summed E-state index contributed by atoms with van der Waals surface area (Å²) in [6.45, 7) is 7.72. The fraction of sp³-hybridized carbons (Fsp3) is 0.400. The highest BCUT2D eigenvalue weighted by Crippen LogP contribution is 2.34. The van der Waals surface area contributed by atoms with E-state index in [4.69, 9.17) is 0 Å². The Labute approximate surface area is 164 Å². The lowest BCUT2D eigenvalue weighted by Crippen LogP contribution is -2.99. The number of nitrogens with one attached hydrogen (secondary N) is 3. The summed E-state index contributed by atoms with van der Waals surface area (Å²) in [6.07, 6.45) is 4.84. The molecule has 0 aliphatic heterocycles. The van der Waals surface area contributed by atoms with E-state index in [0.717, 1.165) is 23.4 Å². The second-order valence-corrected chi connectivity index (χ2v) is 7.42. The zero-order valence-electron chi connectivity index (χ0n) is 16.6. The lowest BCUT2D eigenvalue weighted by Gasteiger charge is -2.17. The van der Waals surface area contributed by atoms with Crippen molar-refractivity contribution in [2.45, 2.75) is 52.1 Å². The number of rotatable bonds is 5. The van der Waals surface area contributed by atoms with Gasteiger partial charge in [0.1, 0.15) is 5.69 Å². The fourth-order valence-corrected chi connectivity index (χ4v) is 3.76. The Balaban J connectivity index is 1.83. The molecule has 0 spiro atoms. The van der Waals surface area contributed by atoms with Gasteiger partial charge in [-0.1, -0.05) is 24.3 Å². The first kappa shape index (κ1) is 20.1. The Morgan fingerprint density at radius 3 is 2.71 bits per heavy atom. The van der Waals surface area contributed by atoms with E-state index in [2.05, 4.69) is 21.8 Å². The number of carbonyl (C=O) groups excluding carboxylic acids is 1. The van der Waals surface area contributed by atoms with Crippen LogP contribution in [0, 0.1) is 19.1 Å². The molecule has 150 valence electrons. The number of aryl methyl sites for hydroxylation is 1. The lowest BCUT2D eigenvalue weighted by molar-refractivity contribution is -0.991. The van der Waals surface area contributed by atoms with Gasteiger partial charge >= 0.3 is 6.03 Å². The monoisotopic (exact) mass is 385 g/mol. The number of urea groups is 1. The standard InChI is InChI=1S/C20H27N5O3/c1-12(2)21-20(26)22-16-10-9-15(11-16)19-13(3)23-24(14(19)4)17-7-5-6-8-18(17)25(27)28/h5-10,12,15-16,25,27H,11H2,1-4H3,(H2,21,22,26). The average Bonchev–Trinajstić information content (AvgIpc) is 3.17. The number of quaternary nitrogens is 1. The van der Waals surface area contributed by atoms with E-state index < -0.39 is 5.23 Å². The molecule has 0 fully saturated rings. The first-order valence-electron chi connectivity index (χ1n) is 9.42. The number of hydrogen-bond donors (Lipinski definition) is 4. The van der Waals surface area contributed by atoms with Crippen molar-refractivity contribution in [3.63, 3.8) is 0 Å². The Morgan fingerprint density at radius 2 is 2.04 bits per heavy atom. The molecule has 1 aliphatic carbocycles. The molecule has 8 nitrogen and oxygen atoms in total. The van der Waals surface area contributed by atoms with E-state index in [0.29, 0.717) is 5.69 Å². The highest BCUT2D eigenvalue weighted by Gasteiger charge is 2.27. The Hall–Kier alpha value is -2.68. The average molecular weight is 385 g/mol. The Morgan fingerprint density at radius 1 is 1.32 bits per heavy atom. The lowest BCUT2D eigenvalue weighted by atomic mass is 9.96. The summed E-state index contributed by atoms with van der Waals surface area (Å²) in [7, 11) is 0. The number of allylic oxidation sites excluding steroid dienone is 1. The number of aromatic nitrogens is 2. The Bertz CT molecular complexity index is 888. The van der Waals surface area contributed by atoms with Crippen molar-refractivity contribution in [1.29, 1.82) is 0 Å². The smallest absolute Gasteiger partial charge is 0.315 e. The van der Waals surface area contributed by atoms with Crippen LogP contribution in [0.15, 0.2) is 36.4 Å². The summed E-state index contributed by atoms with van der Waals surface area (Å²) >= 11 is 0. The third kappa shape index (κ3) is 4.09. The second kappa shape index (κ2) is 8.14. The Kier molecular flexibility index (Phi) is 5.83. The SMILES string of the molecule is Cc1nn(-c2ccccc2[NH+]([O-])O)c(C)c1C1C=CC(NC(=O)NC(C)C)C1. The molecule has 3 unspecified atom stereocenters. The number of para-hydroxylation sites is 2. The quantitative estimate of drug-likeness (QED) is 0.466. The van der Waals surface area contributed by atoms with E-state index in [1.807, 2.05) is 33.8 Å². The molecule has 1 aromatic heterocycles. The molecular weight excluding hydrogens is 358 g/mol. The maximum Gasteiger partial charge on any atom is 0.315 e. The molecule has 0 saturated carbocycles. The third-order valence-corrected chi connectivity index (χ3v) is 4.90. The molecular formula is C20H27N5O3. The van der Waals surface area contributed by atoms with Gasteiger partial charge in [0.25, 0.3) is 0 Å². The number of carbonyl (C=O) groups is 1. The topological polar surface area (TPSA) is 107 Å². The van der Waals surface area contributed by atoms with Gasteiger partial charge < -0.3 is 15.8 Å². The normalized spacial score (nSPS) is 19.8. The van der Waals surface area contributed by atoms with E-state index in [9.17, 15) is 15.2 Å². The summed E-state index contributed by atoms with van der Waals surface area (Å²) < 4.78 is 1.70. The molecule has 0 bridgehead atoms. The molecule has 1 heterocycles. The van der Waals surface area contributed by atoms with Crippen molar-refractivity contribution in [3.05, 3.63) is 58.6 Å². The summed E-state index contributed by atoms with van der Waals surface area (Å²) in [5.41, 5.74) is 3.61. The number of benzene rings is 1. The third-order valence-electron chi connectivity index (χ3n) is 4.90. The van der Waals surface area contributed by atoms with Crippen LogP contribution in [-0.4, -0.2) is 33.1 Å². The molecule has 2 amide bonds. The van der Waals surface area contributed by atoms with Gasteiger partial charge in [0.2, 0.25) is 0 Å². The van der Waals surface area contributed by atoms with Gasteiger partial charge in [0, 0.05) is 35.3 Å². The number of amides is 2. The molecule has 3 atom stereocenters. The van der Waals surface area contributed by atoms with Crippen molar-refractivity contribution in [1.82, 2.24) is 20.4 Å². The molecule has 28 heavy (non-hydrogen) atoms. The van der Waals surface area contributed by atoms with Gasteiger partial charge in [-0.2, -0.15) is 10.3 Å². The minimum Gasteiger partial charge on any atom is -0.595 e. The maximum atomic E-state index is 11.9. The summed E-state index contributed by atoms with van der Waals surface area (Å²) in [6, 6.07) is 6.72. The molecule has 4 N–H and O–H groups in total. The van der Waals surface area contributed by atoms with Crippen LogP contribution >= 0.6 is 0 Å². The molecule has 0 saturated heterocycles. The van der Waals surface area contributed by atoms with Gasteiger partial charge in [-0.3, -0.25) is 0 Å². The highest BCUT2D eigenvalue weighted by atomic mass is 16.8. The first-order chi connectivity index (χ1) is 13.3. The van der Waals surface area contributed by atoms with E-state index in [1.54, 1.807) is 28.9 Å². The van der Waals surface area contributed by atoms with Gasteiger partial charge in [0.15, 0.2) is 5.69 Å². The molecule has 8 heteroatoms.